The van der Waals surface area contributed by atoms with Crippen LogP contribution in [0.25, 0.3) is 11.1 Å². The molecule has 0 amide bonds. The van der Waals surface area contributed by atoms with Gasteiger partial charge in [-0.25, -0.2) is 4.39 Å². The third-order valence-electron chi connectivity index (χ3n) is 3.45. The lowest BCUT2D eigenvalue weighted by Gasteiger charge is -2.09. The van der Waals surface area contributed by atoms with Crippen LogP contribution in [0.1, 0.15) is 18.4 Å². The molecule has 1 N–H and O–H groups in total. The van der Waals surface area contributed by atoms with Gasteiger partial charge in [-0.2, -0.15) is 0 Å². The van der Waals surface area contributed by atoms with Crippen LogP contribution >= 0.6 is 23.2 Å². The van der Waals surface area contributed by atoms with Gasteiger partial charge < -0.3 is 5.32 Å². The predicted molar refractivity (Wildman–Crippen MR) is 81.7 cm³/mol. The van der Waals surface area contributed by atoms with Crippen LogP contribution in [0, 0.1) is 5.82 Å². The Balaban J connectivity index is 1.86. The fourth-order valence-electron chi connectivity index (χ4n) is 2.12. The van der Waals surface area contributed by atoms with Gasteiger partial charge in [-0.3, -0.25) is 0 Å². The van der Waals surface area contributed by atoms with Crippen molar-refractivity contribution >= 4 is 23.2 Å². The van der Waals surface area contributed by atoms with Gasteiger partial charge in [0.2, 0.25) is 0 Å². The zero-order valence-electron chi connectivity index (χ0n) is 10.8. The molecule has 0 spiro atoms. The lowest BCUT2D eigenvalue weighted by atomic mass is 10.0. The maximum Gasteiger partial charge on any atom is 0.128 e. The molecule has 1 aliphatic rings. The molecule has 0 heterocycles. The number of halogens is 3. The van der Waals surface area contributed by atoms with Crippen molar-refractivity contribution in [3.05, 3.63) is 57.8 Å². The monoisotopic (exact) mass is 309 g/mol. The molecular formula is C16H14Cl2FN. The Labute approximate surface area is 127 Å². The molecule has 0 atom stereocenters. The summed E-state index contributed by atoms with van der Waals surface area (Å²) in [5.41, 5.74) is 2.17. The standard InChI is InChI=1S/C16H14Cl2FN/c17-12-3-6-15(18)14(8-12)10-1-2-11(16(19)7-10)9-20-13-4-5-13/h1-3,6-8,13,20H,4-5,9H2. The first-order valence-corrected chi connectivity index (χ1v) is 7.36. The van der Waals surface area contributed by atoms with E-state index in [-0.39, 0.29) is 5.82 Å². The highest BCUT2D eigenvalue weighted by Crippen LogP contribution is 2.31. The molecule has 0 unspecified atom stereocenters. The Kier molecular flexibility index (Phi) is 3.97. The minimum Gasteiger partial charge on any atom is -0.310 e. The van der Waals surface area contributed by atoms with Crippen molar-refractivity contribution in [2.24, 2.45) is 0 Å². The van der Waals surface area contributed by atoms with Crippen molar-refractivity contribution in [3.8, 4) is 11.1 Å². The summed E-state index contributed by atoms with van der Waals surface area (Å²) in [6, 6.07) is 11.0. The van der Waals surface area contributed by atoms with Gasteiger partial charge in [0.1, 0.15) is 5.82 Å². The second-order valence-electron chi connectivity index (χ2n) is 5.09. The van der Waals surface area contributed by atoms with Crippen molar-refractivity contribution in [2.75, 3.05) is 0 Å². The van der Waals surface area contributed by atoms with Gasteiger partial charge in [0, 0.05) is 33.8 Å². The van der Waals surface area contributed by atoms with Crippen LogP contribution in [0.4, 0.5) is 4.39 Å². The van der Waals surface area contributed by atoms with Gasteiger partial charge in [0.15, 0.2) is 0 Å². The van der Waals surface area contributed by atoms with E-state index in [0.717, 1.165) is 11.1 Å². The van der Waals surface area contributed by atoms with Crippen molar-refractivity contribution < 1.29 is 4.39 Å². The number of hydrogen-bond donors (Lipinski definition) is 1. The molecule has 1 saturated carbocycles. The second-order valence-corrected chi connectivity index (χ2v) is 5.93. The zero-order chi connectivity index (χ0) is 14.1. The fourth-order valence-corrected chi connectivity index (χ4v) is 2.52. The van der Waals surface area contributed by atoms with E-state index in [1.165, 1.54) is 18.9 Å². The Morgan fingerprint density at radius 2 is 1.90 bits per heavy atom. The van der Waals surface area contributed by atoms with E-state index in [0.29, 0.717) is 28.2 Å². The third-order valence-corrected chi connectivity index (χ3v) is 4.02. The molecule has 20 heavy (non-hydrogen) atoms. The summed E-state index contributed by atoms with van der Waals surface area (Å²) < 4.78 is 14.1. The highest BCUT2D eigenvalue weighted by atomic mass is 35.5. The smallest absolute Gasteiger partial charge is 0.128 e. The van der Waals surface area contributed by atoms with Gasteiger partial charge in [0.25, 0.3) is 0 Å². The van der Waals surface area contributed by atoms with E-state index in [4.69, 9.17) is 23.2 Å². The molecule has 0 bridgehead atoms. The maximum atomic E-state index is 14.1. The van der Waals surface area contributed by atoms with E-state index >= 15 is 0 Å². The van der Waals surface area contributed by atoms with E-state index in [2.05, 4.69) is 5.32 Å². The molecule has 104 valence electrons. The molecule has 1 nitrogen and oxygen atoms in total. The molecule has 3 rings (SSSR count). The van der Waals surface area contributed by atoms with Crippen molar-refractivity contribution in [1.29, 1.82) is 0 Å². The molecule has 4 heteroatoms. The van der Waals surface area contributed by atoms with Crippen LogP contribution in [0.2, 0.25) is 10.0 Å². The number of hydrogen-bond acceptors (Lipinski definition) is 1. The van der Waals surface area contributed by atoms with E-state index in [9.17, 15) is 4.39 Å². The summed E-state index contributed by atoms with van der Waals surface area (Å²) in [5.74, 6) is -0.216. The van der Waals surface area contributed by atoms with E-state index < -0.39 is 0 Å². The van der Waals surface area contributed by atoms with Gasteiger partial charge in [-0.05, 0) is 42.7 Å². The average molecular weight is 310 g/mol. The SMILES string of the molecule is Fc1cc(-c2cc(Cl)ccc2Cl)ccc1CNC1CC1. The average Bonchev–Trinajstić information content (AvgIpc) is 3.24. The first-order valence-electron chi connectivity index (χ1n) is 6.61. The van der Waals surface area contributed by atoms with Crippen molar-refractivity contribution in [1.82, 2.24) is 5.32 Å². The van der Waals surface area contributed by atoms with E-state index in [1.807, 2.05) is 6.07 Å². The van der Waals surface area contributed by atoms with Crippen LogP contribution < -0.4 is 5.32 Å². The summed E-state index contributed by atoms with van der Waals surface area (Å²) in [7, 11) is 0. The molecule has 0 aromatic heterocycles. The lowest BCUT2D eigenvalue weighted by molar-refractivity contribution is 0.587. The van der Waals surface area contributed by atoms with Gasteiger partial charge in [0.05, 0.1) is 0 Å². The minimum absolute atomic E-state index is 0.216. The molecule has 2 aromatic rings. The quantitative estimate of drug-likeness (QED) is 0.833. The van der Waals surface area contributed by atoms with Crippen LogP contribution in [-0.4, -0.2) is 6.04 Å². The van der Waals surface area contributed by atoms with Crippen LogP contribution in [-0.2, 0) is 6.54 Å². The summed E-state index contributed by atoms with van der Waals surface area (Å²) in [5, 5.41) is 4.46. The molecule has 0 saturated heterocycles. The molecule has 0 aliphatic heterocycles. The maximum absolute atomic E-state index is 14.1. The topological polar surface area (TPSA) is 12.0 Å². The summed E-state index contributed by atoms with van der Waals surface area (Å²) in [4.78, 5) is 0. The minimum atomic E-state index is -0.216. The molecule has 1 fully saturated rings. The first-order chi connectivity index (χ1) is 9.63. The summed E-state index contributed by atoms with van der Waals surface area (Å²) in [6.45, 7) is 0.570. The van der Waals surface area contributed by atoms with Gasteiger partial charge in [-0.1, -0.05) is 35.3 Å². The van der Waals surface area contributed by atoms with Crippen LogP contribution in [0.5, 0.6) is 0 Å². The number of benzene rings is 2. The largest absolute Gasteiger partial charge is 0.310 e. The van der Waals surface area contributed by atoms with Crippen LogP contribution in [0.15, 0.2) is 36.4 Å². The fraction of sp³-hybridized carbons (Fsp3) is 0.250. The normalized spacial score (nSPS) is 14.6. The molecule has 1 aliphatic carbocycles. The second kappa shape index (κ2) is 5.72. The number of rotatable bonds is 4. The van der Waals surface area contributed by atoms with E-state index in [1.54, 1.807) is 24.3 Å². The van der Waals surface area contributed by atoms with Gasteiger partial charge >= 0.3 is 0 Å². The Morgan fingerprint density at radius 1 is 1.10 bits per heavy atom. The third kappa shape index (κ3) is 3.14. The van der Waals surface area contributed by atoms with Gasteiger partial charge in [-0.15, -0.1) is 0 Å². The highest BCUT2D eigenvalue weighted by molar-refractivity contribution is 6.35. The Morgan fingerprint density at radius 3 is 2.60 bits per heavy atom. The zero-order valence-corrected chi connectivity index (χ0v) is 12.3. The first kappa shape index (κ1) is 13.9. The predicted octanol–water partition coefficient (Wildman–Crippen LogP) is 5.05. The molecule has 2 aromatic carbocycles. The molecular weight excluding hydrogens is 296 g/mol. The van der Waals surface area contributed by atoms with Crippen LogP contribution in [0.3, 0.4) is 0 Å². The summed E-state index contributed by atoms with van der Waals surface area (Å²) in [6.07, 6.45) is 2.38. The van der Waals surface area contributed by atoms with Crippen molar-refractivity contribution in [3.63, 3.8) is 0 Å². The number of nitrogens with one attached hydrogen (secondary N) is 1. The van der Waals surface area contributed by atoms with Crippen molar-refractivity contribution in [2.45, 2.75) is 25.4 Å². The highest BCUT2D eigenvalue weighted by Gasteiger charge is 2.20. The Bertz CT molecular complexity index is 638. The Hall–Kier alpha value is -1.09. The molecule has 0 radical (unpaired) electrons. The lowest BCUT2D eigenvalue weighted by Crippen LogP contribution is -2.16. The summed E-state index contributed by atoms with van der Waals surface area (Å²) >= 11 is 12.1.